The SMILES string of the molecule is COC(=O)c1cccc(SNc2cc(OCC(CC(C)C)NC3CC4(CC4)C3)cc(-c3c(C)cccc3C)n2)n1. The molecular weight excluding hydrogens is 520 g/mol. The maximum Gasteiger partial charge on any atom is 0.356 e. The van der Waals surface area contributed by atoms with Crippen molar-refractivity contribution in [3.05, 3.63) is 65.4 Å². The van der Waals surface area contributed by atoms with Gasteiger partial charge in [-0.05, 0) is 80.5 Å². The molecule has 0 bridgehead atoms. The Kier molecular flexibility index (Phi) is 8.66. The Bertz CT molecular complexity index is 1330. The lowest BCUT2D eigenvalue weighted by Gasteiger charge is -2.39. The van der Waals surface area contributed by atoms with E-state index < -0.39 is 5.97 Å². The molecule has 1 aromatic carbocycles. The Labute approximate surface area is 242 Å². The number of hydrogen-bond acceptors (Lipinski definition) is 8. The zero-order valence-corrected chi connectivity index (χ0v) is 24.9. The molecule has 3 aromatic rings. The van der Waals surface area contributed by atoms with Gasteiger partial charge in [0.05, 0.1) is 12.8 Å². The molecule has 2 aliphatic carbocycles. The molecule has 5 rings (SSSR count). The number of nitrogens with one attached hydrogen (secondary N) is 2. The highest BCUT2D eigenvalue weighted by atomic mass is 32.2. The molecule has 2 N–H and O–H groups in total. The third-order valence-corrected chi connectivity index (χ3v) is 8.66. The van der Waals surface area contributed by atoms with E-state index in [9.17, 15) is 4.79 Å². The largest absolute Gasteiger partial charge is 0.492 e. The van der Waals surface area contributed by atoms with E-state index in [4.69, 9.17) is 14.5 Å². The molecule has 2 fully saturated rings. The van der Waals surface area contributed by atoms with Gasteiger partial charge < -0.3 is 19.5 Å². The lowest BCUT2D eigenvalue weighted by Crippen LogP contribution is -2.49. The van der Waals surface area contributed by atoms with Gasteiger partial charge in [-0.25, -0.2) is 14.8 Å². The quantitative estimate of drug-likeness (QED) is 0.181. The van der Waals surface area contributed by atoms with Crippen molar-refractivity contribution in [3.8, 4) is 17.0 Å². The molecule has 1 unspecified atom stereocenters. The van der Waals surface area contributed by atoms with Crippen molar-refractivity contribution in [1.82, 2.24) is 15.3 Å². The summed E-state index contributed by atoms with van der Waals surface area (Å²) in [5.74, 6) is 1.55. The molecule has 8 heteroatoms. The highest BCUT2D eigenvalue weighted by molar-refractivity contribution is 8.00. The molecule has 7 nitrogen and oxygen atoms in total. The summed E-state index contributed by atoms with van der Waals surface area (Å²) in [6.07, 6.45) is 6.51. The van der Waals surface area contributed by atoms with Crippen LogP contribution in [0.2, 0.25) is 0 Å². The zero-order chi connectivity index (χ0) is 28.3. The number of aryl methyl sites for hydroxylation is 2. The van der Waals surface area contributed by atoms with Crippen molar-refractivity contribution in [2.24, 2.45) is 11.3 Å². The molecule has 0 amide bonds. The summed E-state index contributed by atoms with van der Waals surface area (Å²) >= 11 is 1.29. The lowest BCUT2D eigenvalue weighted by atomic mass is 9.76. The summed E-state index contributed by atoms with van der Waals surface area (Å²) in [4.78, 5) is 21.2. The van der Waals surface area contributed by atoms with Crippen LogP contribution < -0.4 is 14.8 Å². The Hall–Kier alpha value is -3.10. The van der Waals surface area contributed by atoms with Gasteiger partial charge in [0.2, 0.25) is 0 Å². The van der Waals surface area contributed by atoms with E-state index in [2.05, 4.69) is 60.9 Å². The Morgan fingerprint density at radius 3 is 2.48 bits per heavy atom. The number of aromatic nitrogens is 2. The van der Waals surface area contributed by atoms with Gasteiger partial charge >= 0.3 is 5.97 Å². The molecular formula is C32H40N4O3S. The normalized spacial score (nSPS) is 16.4. The van der Waals surface area contributed by atoms with E-state index in [-0.39, 0.29) is 5.69 Å². The number of benzene rings is 1. The number of rotatable bonds is 12. The third kappa shape index (κ3) is 6.96. The second-order valence-electron chi connectivity index (χ2n) is 11.8. The number of nitrogens with zero attached hydrogens (tertiary/aromatic N) is 2. The van der Waals surface area contributed by atoms with Crippen LogP contribution in [0, 0.1) is 25.2 Å². The highest BCUT2D eigenvalue weighted by Crippen LogP contribution is 2.60. The predicted molar refractivity (Wildman–Crippen MR) is 161 cm³/mol. The van der Waals surface area contributed by atoms with Crippen molar-refractivity contribution < 1.29 is 14.3 Å². The van der Waals surface area contributed by atoms with Crippen molar-refractivity contribution in [3.63, 3.8) is 0 Å². The Morgan fingerprint density at radius 2 is 1.80 bits per heavy atom. The Morgan fingerprint density at radius 1 is 1.07 bits per heavy atom. The topological polar surface area (TPSA) is 85.4 Å². The van der Waals surface area contributed by atoms with Gasteiger partial charge in [0.1, 0.15) is 28.9 Å². The standard InChI is InChI=1S/C32H40N4O3S/c1-20(2)14-23(33-24-17-32(18-24)12-13-32)19-39-25-15-27(30-21(3)8-6-9-22(30)4)34-28(16-25)36-40-29-11-7-10-26(35-29)31(37)38-5/h6-11,15-16,20,23-24,33H,12-14,17-19H2,1-5H3,(H,34,36). The first-order chi connectivity index (χ1) is 19.2. The number of carbonyl (C=O) groups excluding carboxylic acids is 1. The van der Waals surface area contributed by atoms with Gasteiger partial charge in [0.15, 0.2) is 0 Å². The highest BCUT2D eigenvalue weighted by Gasteiger charge is 2.52. The maximum atomic E-state index is 11.9. The Balaban J connectivity index is 1.35. The average molecular weight is 561 g/mol. The summed E-state index contributed by atoms with van der Waals surface area (Å²) in [7, 11) is 1.35. The summed E-state index contributed by atoms with van der Waals surface area (Å²) in [6, 6.07) is 16.4. The smallest absolute Gasteiger partial charge is 0.356 e. The predicted octanol–water partition coefficient (Wildman–Crippen LogP) is 6.99. The second-order valence-corrected chi connectivity index (χ2v) is 12.6. The fourth-order valence-corrected chi connectivity index (χ4v) is 6.36. The summed E-state index contributed by atoms with van der Waals surface area (Å²) in [5.41, 5.74) is 5.22. The maximum absolute atomic E-state index is 11.9. The number of pyridine rings is 2. The first kappa shape index (κ1) is 28.4. The van der Waals surface area contributed by atoms with Crippen LogP contribution in [0.1, 0.15) is 67.6 Å². The second kappa shape index (κ2) is 12.2. The number of carbonyl (C=O) groups is 1. The fourth-order valence-electron chi connectivity index (χ4n) is 5.75. The van der Waals surface area contributed by atoms with Crippen molar-refractivity contribution in [2.75, 3.05) is 18.4 Å². The van der Waals surface area contributed by atoms with Gasteiger partial charge in [-0.1, -0.05) is 38.1 Å². The van der Waals surface area contributed by atoms with Gasteiger partial charge in [0.25, 0.3) is 0 Å². The van der Waals surface area contributed by atoms with Crippen molar-refractivity contribution in [2.45, 2.75) is 76.9 Å². The molecule has 40 heavy (non-hydrogen) atoms. The molecule has 2 heterocycles. The van der Waals surface area contributed by atoms with Crippen LogP contribution in [-0.4, -0.2) is 41.7 Å². The van der Waals surface area contributed by atoms with Gasteiger partial charge in [-0.3, -0.25) is 0 Å². The van der Waals surface area contributed by atoms with Gasteiger partial charge in [0, 0.05) is 41.7 Å². The molecule has 2 aliphatic rings. The van der Waals surface area contributed by atoms with E-state index in [0.29, 0.717) is 40.9 Å². The molecule has 0 saturated heterocycles. The minimum Gasteiger partial charge on any atom is -0.492 e. The monoisotopic (exact) mass is 560 g/mol. The molecule has 2 aromatic heterocycles. The van der Waals surface area contributed by atoms with Crippen LogP contribution in [0.4, 0.5) is 5.82 Å². The minimum atomic E-state index is -0.466. The molecule has 212 valence electrons. The summed E-state index contributed by atoms with van der Waals surface area (Å²) in [6.45, 7) is 9.36. The van der Waals surface area contributed by atoms with Gasteiger partial charge in [-0.15, -0.1) is 0 Å². The van der Waals surface area contributed by atoms with Crippen LogP contribution >= 0.6 is 11.9 Å². The van der Waals surface area contributed by atoms with Gasteiger partial charge in [-0.2, -0.15) is 0 Å². The number of anilines is 1. The van der Waals surface area contributed by atoms with E-state index in [1.165, 1.54) is 44.7 Å². The van der Waals surface area contributed by atoms with E-state index >= 15 is 0 Å². The number of methoxy groups -OCH3 is 1. The third-order valence-electron chi connectivity index (χ3n) is 7.91. The molecule has 0 aliphatic heterocycles. The molecule has 0 radical (unpaired) electrons. The molecule has 1 atom stereocenters. The first-order valence-corrected chi connectivity index (χ1v) is 15.0. The van der Waals surface area contributed by atoms with Crippen LogP contribution in [-0.2, 0) is 4.74 Å². The summed E-state index contributed by atoms with van der Waals surface area (Å²) < 4.78 is 14.6. The van der Waals surface area contributed by atoms with E-state index in [0.717, 1.165) is 34.6 Å². The van der Waals surface area contributed by atoms with Crippen LogP contribution in [0.15, 0.2) is 53.6 Å². The van der Waals surface area contributed by atoms with Crippen molar-refractivity contribution >= 4 is 23.7 Å². The number of ether oxygens (including phenoxy) is 2. The number of hydrogen-bond donors (Lipinski definition) is 2. The summed E-state index contributed by atoms with van der Waals surface area (Å²) in [5, 5.41) is 4.53. The minimum absolute atomic E-state index is 0.262. The first-order valence-electron chi connectivity index (χ1n) is 14.2. The molecule has 2 saturated carbocycles. The number of esters is 1. The fraction of sp³-hybridized carbons (Fsp3) is 0.469. The van der Waals surface area contributed by atoms with E-state index in [1.807, 2.05) is 18.2 Å². The average Bonchev–Trinajstić information content (AvgIpc) is 3.71. The van der Waals surface area contributed by atoms with Crippen LogP contribution in [0.25, 0.3) is 11.3 Å². The van der Waals surface area contributed by atoms with Crippen LogP contribution in [0.5, 0.6) is 5.75 Å². The van der Waals surface area contributed by atoms with Crippen LogP contribution in [0.3, 0.4) is 0 Å². The van der Waals surface area contributed by atoms with E-state index in [1.54, 1.807) is 12.1 Å². The zero-order valence-electron chi connectivity index (χ0n) is 24.1. The molecule has 1 spiro atoms. The van der Waals surface area contributed by atoms with Crippen molar-refractivity contribution in [1.29, 1.82) is 0 Å². The lowest BCUT2D eigenvalue weighted by molar-refractivity contribution is 0.0593.